The highest BCUT2D eigenvalue weighted by molar-refractivity contribution is 6.21. The minimum atomic E-state index is -0.457. The van der Waals surface area contributed by atoms with Crippen molar-refractivity contribution in [2.45, 2.75) is 57.2 Å². The van der Waals surface area contributed by atoms with E-state index in [9.17, 15) is 14.4 Å². The van der Waals surface area contributed by atoms with Gasteiger partial charge in [0.2, 0.25) is 0 Å². The highest BCUT2D eigenvalue weighted by Crippen LogP contribution is 2.33. The van der Waals surface area contributed by atoms with E-state index in [0.29, 0.717) is 24.2 Å². The Kier molecular flexibility index (Phi) is 4.77. The standard InChI is InChI=1S/C24H25N3O3/c28-22(25-19-8-2-1-3-9-19)16-10-12-20(13-11-16)27-23(29)21-14-17-6-4-5-7-18(17)15-26(21)24(27)30/h4-7,10-13,19,21H,1-3,8-9,14-15H2,(H,25,28)/t21-/m0/s1. The number of hydrogen-bond donors (Lipinski definition) is 1. The summed E-state index contributed by atoms with van der Waals surface area (Å²) in [7, 11) is 0. The van der Waals surface area contributed by atoms with Crippen LogP contribution >= 0.6 is 0 Å². The van der Waals surface area contributed by atoms with Crippen LogP contribution in [0, 0.1) is 0 Å². The van der Waals surface area contributed by atoms with Crippen molar-refractivity contribution in [3.05, 3.63) is 65.2 Å². The zero-order valence-corrected chi connectivity index (χ0v) is 16.8. The van der Waals surface area contributed by atoms with Gasteiger partial charge in [-0.15, -0.1) is 0 Å². The number of hydrogen-bond acceptors (Lipinski definition) is 3. The number of imide groups is 1. The monoisotopic (exact) mass is 403 g/mol. The lowest BCUT2D eigenvalue weighted by Crippen LogP contribution is -2.39. The largest absolute Gasteiger partial charge is 0.349 e. The summed E-state index contributed by atoms with van der Waals surface area (Å²) in [5, 5.41) is 3.10. The Hall–Kier alpha value is -3.15. The fourth-order valence-electron chi connectivity index (χ4n) is 4.83. The number of carbonyl (C=O) groups excluding carboxylic acids is 3. The summed E-state index contributed by atoms with van der Waals surface area (Å²) in [4.78, 5) is 41.5. The summed E-state index contributed by atoms with van der Waals surface area (Å²) in [6, 6.07) is 14.2. The summed E-state index contributed by atoms with van der Waals surface area (Å²) in [5.41, 5.74) is 3.27. The molecule has 0 radical (unpaired) electrons. The van der Waals surface area contributed by atoms with Gasteiger partial charge in [0.15, 0.2) is 0 Å². The Morgan fingerprint density at radius 2 is 1.60 bits per heavy atom. The number of amides is 4. The molecule has 0 bridgehead atoms. The molecule has 0 spiro atoms. The van der Waals surface area contributed by atoms with Gasteiger partial charge in [-0.2, -0.15) is 0 Å². The van der Waals surface area contributed by atoms with Crippen LogP contribution in [0.1, 0.15) is 53.6 Å². The molecule has 6 heteroatoms. The molecule has 2 aromatic carbocycles. The van der Waals surface area contributed by atoms with Gasteiger partial charge in [-0.05, 0) is 48.2 Å². The first kappa shape index (κ1) is 18.9. The molecule has 0 aromatic heterocycles. The number of nitrogens with one attached hydrogen (secondary N) is 1. The van der Waals surface area contributed by atoms with E-state index in [1.165, 1.54) is 11.3 Å². The maximum atomic E-state index is 13.0. The van der Waals surface area contributed by atoms with E-state index in [4.69, 9.17) is 0 Å². The molecule has 6 nitrogen and oxygen atoms in total. The maximum absolute atomic E-state index is 13.0. The number of rotatable bonds is 3. The highest BCUT2D eigenvalue weighted by atomic mass is 16.2. The summed E-state index contributed by atoms with van der Waals surface area (Å²) in [5.74, 6) is -0.297. The van der Waals surface area contributed by atoms with Gasteiger partial charge in [0, 0.05) is 24.6 Å². The Morgan fingerprint density at radius 3 is 2.33 bits per heavy atom. The quantitative estimate of drug-likeness (QED) is 0.796. The van der Waals surface area contributed by atoms with E-state index in [0.717, 1.165) is 36.8 Å². The molecular formula is C24H25N3O3. The molecule has 0 unspecified atom stereocenters. The second kappa shape index (κ2) is 7.59. The first-order chi connectivity index (χ1) is 14.6. The van der Waals surface area contributed by atoms with Crippen LogP contribution < -0.4 is 10.2 Å². The van der Waals surface area contributed by atoms with Crippen LogP contribution in [0.25, 0.3) is 0 Å². The Labute approximate surface area is 175 Å². The lowest BCUT2D eigenvalue weighted by molar-refractivity contribution is -0.120. The summed E-state index contributed by atoms with van der Waals surface area (Å²) in [6.07, 6.45) is 6.15. The minimum Gasteiger partial charge on any atom is -0.349 e. The van der Waals surface area contributed by atoms with Crippen molar-refractivity contribution in [3.63, 3.8) is 0 Å². The maximum Gasteiger partial charge on any atom is 0.332 e. The molecule has 154 valence electrons. The molecule has 1 saturated heterocycles. The summed E-state index contributed by atoms with van der Waals surface area (Å²) in [6.45, 7) is 0.448. The van der Waals surface area contributed by atoms with Gasteiger partial charge in [-0.25, -0.2) is 9.69 Å². The number of benzene rings is 2. The van der Waals surface area contributed by atoms with Crippen molar-refractivity contribution in [2.75, 3.05) is 4.90 Å². The second-order valence-corrected chi connectivity index (χ2v) is 8.43. The third-order valence-corrected chi connectivity index (χ3v) is 6.52. The van der Waals surface area contributed by atoms with Crippen molar-refractivity contribution < 1.29 is 14.4 Å². The number of anilines is 1. The number of urea groups is 1. The zero-order chi connectivity index (χ0) is 20.7. The lowest BCUT2D eigenvalue weighted by Gasteiger charge is -2.28. The Morgan fingerprint density at radius 1 is 0.900 bits per heavy atom. The second-order valence-electron chi connectivity index (χ2n) is 8.43. The number of nitrogens with zero attached hydrogens (tertiary/aromatic N) is 2. The van der Waals surface area contributed by atoms with Crippen LogP contribution in [-0.2, 0) is 17.8 Å². The molecule has 1 aliphatic carbocycles. The van der Waals surface area contributed by atoms with E-state index >= 15 is 0 Å². The van der Waals surface area contributed by atoms with Crippen molar-refractivity contribution in [1.29, 1.82) is 0 Å². The molecule has 2 heterocycles. The van der Waals surface area contributed by atoms with E-state index in [-0.39, 0.29) is 23.9 Å². The molecule has 4 amide bonds. The minimum absolute atomic E-state index is 0.0969. The van der Waals surface area contributed by atoms with Gasteiger partial charge in [-0.3, -0.25) is 9.59 Å². The van der Waals surface area contributed by atoms with Crippen LogP contribution in [-0.4, -0.2) is 34.8 Å². The fraction of sp³-hybridized carbons (Fsp3) is 0.375. The molecule has 1 atom stereocenters. The van der Waals surface area contributed by atoms with Gasteiger partial charge in [0.05, 0.1) is 5.69 Å². The molecule has 5 rings (SSSR count). The van der Waals surface area contributed by atoms with Crippen LogP contribution in [0.2, 0.25) is 0 Å². The smallest absolute Gasteiger partial charge is 0.332 e. The number of carbonyl (C=O) groups is 3. The summed E-state index contributed by atoms with van der Waals surface area (Å²) >= 11 is 0. The number of fused-ring (bicyclic) bond motifs is 2. The zero-order valence-electron chi connectivity index (χ0n) is 16.8. The third kappa shape index (κ3) is 3.26. The van der Waals surface area contributed by atoms with Crippen LogP contribution in [0.4, 0.5) is 10.5 Å². The SMILES string of the molecule is O=C(NC1CCCCC1)c1ccc(N2C(=O)[C@@H]3Cc4ccccc4CN3C2=O)cc1. The predicted octanol–water partition coefficient (Wildman–Crippen LogP) is 3.64. The van der Waals surface area contributed by atoms with E-state index in [2.05, 4.69) is 5.32 Å². The average molecular weight is 403 g/mol. The highest BCUT2D eigenvalue weighted by Gasteiger charge is 2.47. The molecule has 2 fully saturated rings. The average Bonchev–Trinajstić information content (AvgIpc) is 3.02. The van der Waals surface area contributed by atoms with Crippen molar-refractivity contribution in [2.24, 2.45) is 0 Å². The molecule has 30 heavy (non-hydrogen) atoms. The van der Waals surface area contributed by atoms with Gasteiger partial charge in [0.1, 0.15) is 6.04 Å². The van der Waals surface area contributed by atoms with Gasteiger partial charge >= 0.3 is 6.03 Å². The van der Waals surface area contributed by atoms with Crippen molar-refractivity contribution in [1.82, 2.24) is 10.2 Å². The molecular weight excluding hydrogens is 378 g/mol. The molecule has 2 aromatic rings. The van der Waals surface area contributed by atoms with Crippen LogP contribution in [0.5, 0.6) is 0 Å². The first-order valence-electron chi connectivity index (χ1n) is 10.7. The normalized spacial score (nSPS) is 21.4. The van der Waals surface area contributed by atoms with Gasteiger partial charge < -0.3 is 10.2 Å². The fourth-order valence-corrected chi connectivity index (χ4v) is 4.83. The molecule has 2 aliphatic heterocycles. The predicted molar refractivity (Wildman–Crippen MR) is 113 cm³/mol. The van der Waals surface area contributed by atoms with E-state index in [1.54, 1.807) is 29.2 Å². The lowest BCUT2D eigenvalue weighted by atomic mass is 9.95. The van der Waals surface area contributed by atoms with Crippen molar-refractivity contribution in [3.8, 4) is 0 Å². The van der Waals surface area contributed by atoms with Gasteiger partial charge in [0.25, 0.3) is 11.8 Å². The van der Waals surface area contributed by atoms with Gasteiger partial charge in [-0.1, -0.05) is 43.5 Å². The van der Waals surface area contributed by atoms with E-state index < -0.39 is 6.04 Å². The third-order valence-electron chi connectivity index (χ3n) is 6.52. The Bertz CT molecular complexity index is 952. The van der Waals surface area contributed by atoms with Crippen LogP contribution in [0.15, 0.2) is 48.5 Å². The van der Waals surface area contributed by atoms with E-state index in [1.807, 2.05) is 24.3 Å². The molecule has 3 aliphatic rings. The summed E-state index contributed by atoms with van der Waals surface area (Å²) < 4.78 is 0. The van der Waals surface area contributed by atoms with Crippen molar-refractivity contribution >= 4 is 23.5 Å². The first-order valence-corrected chi connectivity index (χ1v) is 10.7. The topological polar surface area (TPSA) is 69.7 Å². The molecule has 1 N–H and O–H groups in total. The van der Waals surface area contributed by atoms with Crippen LogP contribution in [0.3, 0.4) is 0 Å². The Balaban J connectivity index is 1.32. The molecule has 1 saturated carbocycles.